The summed E-state index contributed by atoms with van der Waals surface area (Å²) in [6, 6.07) is 14.4. The number of nitrogens with one attached hydrogen (secondary N) is 2. The maximum atomic E-state index is 12.3. The Morgan fingerprint density at radius 1 is 1.07 bits per heavy atom. The molecular weight excluding hydrogens is 364 g/mol. The highest BCUT2D eigenvalue weighted by Crippen LogP contribution is 2.20. The van der Waals surface area contributed by atoms with Crippen LogP contribution in [0, 0.1) is 0 Å². The standard InChI is InChI=1S/C20H26N2O4S/c1-4-26-19-8-6-5-7-17(19)14-27(24,25)21-13-20(23)22-18-11-9-16(10-12-18)15(2)3/h5-12,15,21H,4,13-14H2,1-3H3,(H,22,23). The maximum absolute atomic E-state index is 12.3. The molecule has 0 spiro atoms. The first-order valence-corrected chi connectivity index (χ1v) is 10.5. The first-order chi connectivity index (χ1) is 12.8. The van der Waals surface area contributed by atoms with Crippen molar-refractivity contribution in [1.29, 1.82) is 0 Å². The number of para-hydroxylation sites is 1. The molecule has 1 amide bonds. The molecule has 2 rings (SSSR count). The number of benzene rings is 2. The molecule has 6 nitrogen and oxygen atoms in total. The summed E-state index contributed by atoms with van der Waals surface area (Å²) in [6.07, 6.45) is 0. The second-order valence-electron chi connectivity index (χ2n) is 6.45. The summed E-state index contributed by atoms with van der Waals surface area (Å²) in [6.45, 7) is 6.13. The van der Waals surface area contributed by atoms with Gasteiger partial charge >= 0.3 is 0 Å². The highest BCUT2D eigenvalue weighted by molar-refractivity contribution is 7.88. The molecule has 0 heterocycles. The minimum atomic E-state index is -3.67. The zero-order valence-electron chi connectivity index (χ0n) is 15.9. The minimum absolute atomic E-state index is 0.250. The van der Waals surface area contributed by atoms with Gasteiger partial charge in [0.2, 0.25) is 15.9 Å². The number of rotatable bonds is 9. The summed E-state index contributed by atoms with van der Waals surface area (Å²) in [7, 11) is -3.67. The third-order valence-corrected chi connectivity index (χ3v) is 5.21. The lowest BCUT2D eigenvalue weighted by Gasteiger charge is -2.12. The number of amides is 1. The highest BCUT2D eigenvalue weighted by atomic mass is 32.2. The number of sulfonamides is 1. The first kappa shape index (κ1) is 20.9. The van der Waals surface area contributed by atoms with Gasteiger partial charge in [0, 0.05) is 11.3 Å². The summed E-state index contributed by atoms with van der Waals surface area (Å²) < 4.78 is 32.3. The molecule has 0 saturated heterocycles. The van der Waals surface area contributed by atoms with Crippen molar-refractivity contribution in [3.8, 4) is 5.75 Å². The zero-order valence-corrected chi connectivity index (χ0v) is 16.7. The zero-order chi connectivity index (χ0) is 19.9. The molecule has 2 N–H and O–H groups in total. The van der Waals surface area contributed by atoms with E-state index in [1.165, 1.54) is 5.56 Å². The van der Waals surface area contributed by atoms with Crippen molar-refractivity contribution in [3.05, 3.63) is 59.7 Å². The maximum Gasteiger partial charge on any atom is 0.239 e. The van der Waals surface area contributed by atoms with Gasteiger partial charge in [-0.05, 0) is 36.6 Å². The van der Waals surface area contributed by atoms with Gasteiger partial charge in [-0.3, -0.25) is 4.79 Å². The van der Waals surface area contributed by atoms with Crippen molar-refractivity contribution in [2.75, 3.05) is 18.5 Å². The van der Waals surface area contributed by atoms with E-state index in [1.54, 1.807) is 36.4 Å². The van der Waals surface area contributed by atoms with E-state index in [9.17, 15) is 13.2 Å². The van der Waals surface area contributed by atoms with Crippen molar-refractivity contribution >= 4 is 21.6 Å². The van der Waals surface area contributed by atoms with Crippen LogP contribution in [0.3, 0.4) is 0 Å². The van der Waals surface area contributed by atoms with E-state index in [0.29, 0.717) is 29.5 Å². The Kier molecular flexibility index (Phi) is 7.38. The van der Waals surface area contributed by atoms with E-state index in [1.807, 2.05) is 19.1 Å². The number of hydrogen-bond acceptors (Lipinski definition) is 4. The third-order valence-electron chi connectivity index (χ3n) is 3.93. The van der Waals surface area contributed by atoms with Gasteiger partial charge in [0.25, 0.3) is 0 Å². The molecule has 2 aromatic rings. The number of anilines is 1. The largest absolute Gasteiger partial charge is 0.494 e. The van der Waals surface area contributed by atoms with Crippen molar-refractivity contribution in [3.63, 3.8) is 0 Å². The van der Waals surface area contributed by atoms with Crippen molar-refractivity contribution in [2.24, 2.45) is 0 Å². The molecule has 0 aliphatic rings. The fraction of sp³-hybridized carbons (Fsp3) is 0.350. The number of ether oxygens (including phenoxy) is 1. The van der Waals surface area contributed by atoms with Crippen LogP contribution in [0.4, 0.5) is 5.69 Å². The van der Waals surface area contributed by atoms with Crippen molar-refractivity contribution in [1.82, 2.24) is 4.72 Å². The van der Waals surface area contributed by atoms with Gasteiger partial charge < -0.3 is 10.1 Å². The Balaban J connectivity index is 1.91. The molecule has 0 fully saturated rings. The topological polar surface area (TPSA) is 84.5 Å². The molecule has 0 atom stereocenters. The Morgan fingerprint density at radius 3 is 2.37 bits per heavy atom. The smallest absolute Gasteiger partial charge is 0.239 e. The molecule has 0 bridgehead atoms. The summed E-state index contributed by atoms with van der Waals surface area (Å²) in [5.41, 5.74) is 2.35. The van der Waals surface area contributed by atoms with Crippen LogP contribution in [-0.2, 0) is 20.6 Å². The van der Waals surface area contributed by atoms with E-state index in [-0.39, 0.29) is 12.3 Å². The Bertz CT molecular complexity index is 862. The van der Waals surface area contributed by atoms with Gasteiger partial charge in [0.15, 0.2) is 0 Å². The lowest BCUT2D eigenvalue weighted by atomic mass is 10.0. The van der Waals surface area contributed by atoms with E-state index >= 15 is 0 Å². The van der Waals surface area contributed by atoms with Crippen LogP contribution in [-0.4, -0.2) is 27.5 Å². The Morgan fingerprint density at radius 2 is 1.74 bits per heavy atom. The minimum Gasteiger partial charge on any atom is -0.494 e. The summed E-state index contributed by atoms with van der Waals surface area (Å²) in [4.78, 5) is 12.0. The van der Waals surface area contributed by atoms with Crippen LogP contribution >= 0.6 is 0 Å². The van der Waals surface area contributed by atoms with Gasteiger partial charge in [0.05, 0.1) is 18.9 Å². The average Bonchev–Trinajstić information content (AvgIpc) is 2.62. The average molecular weight is 391 g/mol. The van der Waals surface area contributed by atoms with Gasteiger partial charge in [-0.2, -0.15) is 0 Å². The van der Waals surface area contributed by atoms with Crippen molar-refractivity contribution < 1.29 is 17.9 Å². The molecule has 146 valence electrons. The van der Waals surface area contributed by atoms with E-state index in [2.05, 4.69) is 23.9 Å². The predicted octanol–water partition coefficient (Wildman–Crippen LogP) is 3.27. The molecular formula is C20H26N2O4S. The van der Waals surface area contributed by atoms with Crippen LogP contribution in [0.5, 0.6) is 5.75 Å². The summed E-state index contributed by atoms with van der Waals surface area (Å²) in [5.74, 6) is 0.259. The number of carbonyl (C=O) groups is 1. The van der Waals surface area contributed by atoms with Gasteiger partial charge in [-0.1, -0.05) is 44.2 Å². The predicted molar refractivity (Wildman–Crippen MR) is 107 cm³/mol. The van der Waals surface area contributed by atoms with Gasteiger partial charge in [-0.25, -0.2) is 13.1 Å². The van der Waals surface area contributed by atoms with Gasteiger partial charge in [0.1, 0.15) is 5.75 Å². The fourth-order valence-electron chi connectivity index (χ4n) is 2.51. The lowest BCUT2D eigenvalue weighted by Crippen LogP contribution is -2.33. The summed E-state index contributed by atoms with van der Waals surface area (Å²) in [5, 5.41) is 2.69. The summed E-state index contributed by atoms with van der Waals surface area (Å²) >= 11 is 0. The quantitative estimate of drug-likeness (QED) is 0.688. The Hall–Kier alpha value is -2.38. The van der Waals surface area contributed by atoms with Crippen LogP contribution in [0.25, 0.3) is 0 Å². The first-order valence-electron chi connectivity index (χ1n) is 8.88. The molecule has 0 aliphatic carbocycles. The molecule has 0 aromatic heterocycles. The fourth-order valence-corrected chi connectivity index (χ4v) is 3.61. The Labute approximate surface area is 161 Å². The number of carbonyl (C=O) groups excluding carboxylic acids is 1. The molecule has 0 unspecified atom stereocenters. The highest BCUT2D eigenvalue weighted by Gasteiger charge is 2.16. The van der Waals surface area contributed by atoms with Crippen LogP contribution < -0.4 is 14.8 Å². The van der Waals surface area contributed by atoms with E-state index in [0.717, 1.165) is 0 Å². The van der Waals surface area contributed by atoms with E-state index < -0.39 is 15.9 Å². The van der Waals surface area contributed by atoms with Crippen LogP contribution in [0.1, 0.15) is 37.8 Å². The molecule has 0 saturated carbocycles. The monoisotopic (exact) mass is 390 g/mol. The second-order valence-corrected chi connectivity index (χ2v) is 8.25. The molecule has 27 heavy (non-hydrogen) atoms. The second kappa shape index (κ2) is 9.53. The van der Waals surface area contributed by atoms with Crippen LogP contribution in [0.15, 0.2) is 48.5 Å². The molecule has 0 radical (unpaired) electrons. The normalized spacial score (nSPS) is 11.4. The molecule has 2 aromatic carbocycles. The SMILES string of the molecule is CCOc1ccccc1CS(=O)(=O)NCC(=O)Nc1ccc(C(C)C)cc1. The van der Waals surface area contributed by atoms with Crippen LogP contribution in [0.2, 0.25) is 0 Å². The van der Waals surface area contributed by atoms with E-state index in [4.69, 9.17) is 4.74 Å². The molecule has 7 heteroatoms. The van der Waals surface area contributed by atoms with Crippen molar-refractivity contribution in [2.45, 2.75) is 32.4 Å². The molecule has 0 aliphatic heterocycles. The van der Waals surface area contributed by atoms with Gasteiger partial charge in [-0.15, -0.1) is 0 Å². The third kappa shape index (κ3) is 6.69. The number of hydrogen-bond donors (Lipinski definition) is 2. The lowest BCUT2D eigenvalue weighted by molar-refractivity contribution is -0.115.